The van der Waals surface area contributed by atoms with E-state index < -0.39 is 22.8 Å². The second-order valence-electron chi connectivity index (χ2n) is 2.88. The van der Waals surface area contributed by atoms with Crippen LogP contribution in [0.5, 0.6) is 0 Å². The van der Waals surface area contributed by atoms with Crippen molar-refractivity contribution in [1.29, 1.82) is 0 Å². The van der Waals surface area contributed by atoms with Gasteiger partial charge in [0.25, 0.3) is 0 Å². The first-order chi connectivity index (χ1) is 5.65. The molecular formula is C7H13NO3S. The van der Waals surface area contributed by atoms with Gasteiger partial charge in [-0.3, -0.25) is 9.00 Å². The van der Waals surface area contributed by atoms with Crippen LogP contribution in [0.25, 0.3) is 0 Å². The third-order valence-electron chi connectivity index (χ3n) is 2.05. The molecule has 0 radical (unpaired) electrons. The van der Waals surface area contributed by atoms with Crippen LogP contribution >= 0.6 is 0 Å². The van der Waals surface area contributed by atoms with E-state index in [0.717, 1.165) is 6.42 Å². The number of carboxylic acid groups (broad SMARTS) is 1. The monoisotopic (exact) mass is 191 g/mol. The highest BCUT2D eigenvalue weighted by atomic mass is 32.2. The van der Waals surface area contributed by atoms with E-state index in [4.69, 9.17) is 5.11 Å². The van der Waals surface area contributed by atoms with Gasteiger partial charge in [-0.15, -0.1) is 0 Å². The summed E-state index contributed by atoms with van der Waals surface area (Å²) in [6, 6.07) is -0.617. The van der Waals surface area contributed by atoms with Crippen LogP contribution in [0, 0.1) is 0 Å². The highest BCUT2D eigenvalue weighted by Crippen LogP contribution is 2.08. The van der Waals surface area contributed by atoms with Crippen LogP contribution in [0.1, 0.15) is 13.3 Å². The van der Waals surface area contributed by atoms with Crippen LogP contribution in [-0.2, 0) is 15.6 Å². The van der Waals surface area contributed by atoms with Crippen molar-refractivity contribution in [2.45, 2.75) is 24.6 Å². The van der Waals surface area contributed by atoms with Crippen molar-refractivity contribution in [2.24, 2.45) is 0 Å². The second kappa shape index (κ2) is 4.00. The summed E-state index contributed by atoms with van der Waals surface area (Å²) in [5.41, 5.74) is 0. The minimum Gasteiger partial charge on any atom is -0.480 e. The van der Waals surface area contributed by atoms with Gasteiger partial charge in [-0.25, -0.2) is 0 Å². The molecule has 0 bridgehead atoms. The SMILES string of the molecule is CCC1CNC(C(=O)O)CS1=O. The molecule has 0 amide bonds. The lowest BCUT2D eigenvalue weighted by molar-refractivity contribution is -0.138. The molecule has 0 saturated carbocycles. The van der Waals surface area contributed by atoms with Gasteiger partial charge in [0.05, 0.1) is 0 Å². The van der Waals surface area contributed by atoms with Gasteiger partial charge < -0.3 is 10.4 Å². The number of carbonyl (C=O) groups is 1. The molecule has 1 aliphatic heterocycles. The minimum absolute atomic E-state index is 0.126. The molecule has 70 valence electrons. The largest absolute Gasteiger partial charge is 0.480 e. The summed E-state index contributed by atoms with van der Waals surface area (Å²) in [6.45, 7) is 2.52. The molecule has 0 aromatic heterocycles. The Morgan fingerprint density at radius 3 is 2.83 bits per heavy atom. The lowest BCUT2D eigenvalue weighted by Crippen LogP contribution is -2.51. The molecule has 1 fully saturated rings. The Balaban J connectivity index is 2.52. The Labute approximate surface area is 73.8 Å². The highest BCUT2D eigenvalue weighted by Gasteiger charge is 2.29. The molecule has 5 heteroatoms. The van der Waals surface area contributed by atoms with Gasteiger partial charge in [0.2, 0.25) is 0 Å². The Kier molecular flexibility index (Phi) is 3.22. The molecule has 0 aromatic carbocycles. The molecule has 1 heterocycles. The zero-order valence-electron chi connectivity index (χ0n) is 6.95. The number of hydrogen-bond acceptors (Lipinski definition) is 3. The van der Waals surface area contributed by atoms with E-state index in [1.165, 1.54) is 0 Å². The van der Waals surface area contributed by atoms with Crippen molar-refractivity contribution >= 4 is 16.8 Å². The zero-order valence-corrected chi connectivity index (χ0v) is 7.76. The third-order valence-corrected chi connectivity index (χ3v) is 3.95. The van der Waals surface area contributed by atoms with Crippen molar-refractivity contribution in [3.63, 3.8) is 0 Å². The molecule has 1 aliphatic rings. The summed E-state index contributed by atoms with van der Waals surface area (Å²) in [5.74, 6) is -0.661. The number of nitrogens with one attached hydrogen (secondary N) is 1. The third kappa shape index (κ3) is 2.04. The van der Waals surface area contributed by atoms with E-state index in [1.54, 1.807) is 0 Å². The summed E-state index contributed by atoms with van der Waals surface area (Å²) in [6.07, 6.45) is 0.839. The van der Waals surface area contributed by atoms with E-state index in [1.807, 2.05) is 6.92 Å². The summed E-state index contributed by atoms with van der Waals surface area (Å²) in [7, 11) is -0.972. The van der Waals surface area contributed by atoms with Crippen molar-refractivity contribution in [3.05, 3.63) is 0 Å². The zero-order chi connectivity index (χ0) is 9.14. The maximum absolute atomic E-state index is 11.3. The molecule has 4 nitrogen and oxygen atoms in total. The maximum Gasteiger partial charge on any atom is 0.321 e. The second-order valence-corrected chi connectivity index (χ2v) is 4.64. The molecule has 1 rings (SSSR count). The quantitative estimate of drug-likeness (QED) is 0.621. The van der Waals surface area contributed by atoms with Gasteiger partial charge >= 0.3 is 5.97 Å². The average Bonchev–Trinajstić information content (AvgIpc) is 2.04. The van der Waals surface area contributed by atoms with Gasteiger partial charge in [0, 0.05) is 28.3 Å². The molecule has 2 N–H and O–H groups in total. The molecule has 0 aromatic rings. The Hall–Kier alpha value is -0.420. The van der Waals surface area contributed by atoms with Crippen LogP contribution in [0.4, 0.5) is 0 Å². The number of carboxylic acids is 1. The lowest BCUT2D eigenvalue weighted by Gasteiger charge is -2.25. The molecule has 0 spiro atoms. The maximum atomic E-state index is 11.3. The Bertz CT molecular complexity index is 207. The molecular weight excluding hydrogens is 178 g/mol. The number of rotatable bonds is 2. The first kappa shape index (κ1) is 9.67. The molecule has 12 heavy (non-hydrogen) atoms. The average molecular weight is 191 g/mol. The van der Waals surface area contributed by atoms with Gasteiger partial charge in [-0.1, -0.05) is 6.92 Å². The molecule has 3 unspecified atom stereocenters. The van der Waals surface area contributed by atoms with Crippen LogP contribution in [-0.4, -0.2) is 38.9 Å². The number of aliphatic carboxylic acids is 1. The first-order valence-corrected chi connectivity index (χ1v) is 5.36. The van der Waals surface area contributed by atoms with Crippen molar-refractivity contribution < 1.29 is 14.1 Å². The van der Waals surface area contributed by atoms with Crippen LogP contribution in [0.2, 0.25) is 0 Å². The fraction of sp³-hybridized carbons (Fsp3) is 0.857. The van der Waals surface area contributed by atoms with E-state index in [-0.39, 0.29) is 11.0 Å². The van der Waals surface area contributed by atoms with E-state index >= 15 is 0 Å². The van der Waals surface area contributed by atoms with E-state index in [2.05, 4.69) is 5.32 Å². The predicted molar refractivity (Wildman–Crippen MR) is 46.5 cm³/mol. The van der Waals surface area contributed by atoms with Gasteiger partial charge in [0.15, 0.2) is 0 Å². The van der Waals surface area contributed by atoms with E-state index in [9.17, 15) is 9.00 Å². The summed E-state index contributed by atoms with van der Waals surface area (Å²) in [5, 5.41) is 11.6. The Morgan fingerprint density at radius 1 is 1.75 bits per heavy atom. The summed E-state index contributed by atoms with van der Waals surface area (Å²) in [4.78, 5) is 10.5. The van der Waals surface area contributed by atoms with Crippen molar-refractivity contribution in [1.82, 2.24) is 5.32 Å². The van der Waals surface area contributed by atoms with Gasteiger partial charge in [-0.2, -0.15) is 0 Å². The van der Waals surface area contributed by atoms with Crippen LogP contribution < -0.4 is 5.32 Å². The van der Waals surface area contributed by atoms with Gasteiger partial charge in [-0.05, 0) is 6.42 Å². The molecule has 0 aliphatic carbocycles. The smallest absolute Gasteiger partial charge is 0.321 e. The van der Waals surface area contributed by atoms with Crippen molar-refractivity contribution in [3.8, 4) is 0 Å². The predicted octanol–water partition coefficient (Wildman–Crippen LogP) is -0.430. The summed E-state index contributed by atoms with van der Waals surface area (Å²) < 4.78 is 11.3. The number of hydrogen-bond donors (Lipinski definition) is 2. The minimum atomic E-state index is -0.972. The normalized spacial score (nSPS) is 36.2. The van der Waals surface area contributed by atoms with Crippen LogP contribution in [0.15, 0.2) is 0 Å². The summed E-state index contributed by atoms with van der Waals surface area (Å²) >= 11 is 0. The first-order valence-electron chi connectivity index (χ1n) is 3.98. The van der Waals surface area contributed by atoms with Crippen LogP contribution in [0.3, 0.4) is 0 Å². The standard InChI is InChI=1S/C7H13NO3S/c1-2-5-3-8-6(7(9)10)4-12(5)11/h5-6,8H,2-4H2,1H3,(H,9,10). The topological polar surface area (TPSA) is 66.4 Å². The van der Waals surface area contributed by atoms with E-state index in [0.29, 0.717) is 6.54 Å². The fourth-order valence-corrected chi connectivity index (χ4v) is 2.73. The highest BCUT2D eigenvalue weighted by molar-refractivity contribution is 7.85. The van der Waals surface area contributed by atoms with Gasteiger partial charge in [0.1, 0.15) is 6.04 Å². The van der Waals surface area contributed by atoms with Crippen molar-refractivity contribution in [2.75, 3.05) is 12.3 Å². The fourth-order valence-electron chi connectivity index (χ4n) is 1.21. The lowest BCUT2D eigenvalue weighted by atomic mass is 10.2. The Morgan fingerprint density at radius 2 is 2.42 bits per heavy atom. The molecule has 3 atom stereocenters. The molecule has 1 saturated heterocycles.